The first-order valence-electron chi connectivity index (χ1n) is 4.79. The molecule has 0 amide bonds. The largest absolute Gasteiger partial charge is 0.508 e. The van der Waals surface area contributed by atoms with Gasteiger partial charge in [0.2, 0.25) is 0 Å². The highest BCUT2D eigenvalue weighted by molar-refractivity contribution is 5.70. The first-order valence-corrected chi connectivity index (χ1v) is 4.79. The van der Waals surface area contributed by atoms with Crippen molar-refractivity contribution >= 4 is 5.97 Å². The number of aliphatic carboxylic acids is 1. The molecule has 0 aliphatic carbocycles. The summed E-state index contributed by atoms with van der Waals surface area (Å²) in [5, 5.41) is 17.9. The molecular formula is C11H14O4. The van der Waals surface area contributed by atoms with E-state index >= 15 is 0 Å². The van der Waals surface area contributed by atoms with Crippen LogP contribution < -0.4 is 4.74 Å². The van der Waals surface area contributed by atoms with E-state index in [2.05, 4.69) is 0 Å². The Kier molecular flexibility index (Phi) is 3.97. The molecule has 0 bridgehead atoms. The topological polar surface area (TPSA) is 66.8 Å². The minimum Gasteiger partial charge on any atom is -0.508 e. The molecule has 2 N–H and O–H groups in total. The van der Waals surface area contributed by atoms with Gasteiger partial charge in [-0.1, -0.05) is 6.92 Å². The Morgan fingerprint density at radius 2 is 2.13 bits per heavy atom. The minimum atomic E-state index is -0.929. The summed E-state index contributed by atoms with van der Waals surface area (Å²) < 4.78 is 5.31. The fraction of sp³-hybridized carbons (Fsp3) is 0.364. The maximum absolute atomic E-state index is 10.5. The molecule has 0 saturated heterocycles. The smallest absolute Gasteiger partial charge is 0.307 e. The van der Waals surface area contributed by atoms with Crippen LogP contribution in [0.25, 0.3) is 0 Å². The Labute approximate surface area is 88.1 Å². The molecule has 0 saturated carbocycles. The zero-order chi connectivity index (χ0) is 11.3. The van der Waals surface area contributed by atoms with E-state index < -0.39 is 5.97 Å². The first-order chi connectivity index (χ1) is 7.11. The van der Waals surface area contributed by atoms with Gasteiger partial charge in [-0.25, -0.2) is 0 Å². The Morgan fingerprint density at radius 1 is 1.40 bits per heavy atom. The minimum absolute atomic E-state index is 0.0276. The number of phenolic OH excluding ortho intramolecular Hbond substituents is 1. The summed E-state index contributed by atoms with van der Waals surface area (Å²) in [7, 11) is 0. The molecule has 0 aromatic heterocycles. The summed E-state index contributed by atoms with van der Waals surface area (Å²) in [5.41, 5.74) is 0.536. The molecule has 0 aliphatic heterocycles. The zero-order valence-electron chi connectivity index (χ0n) is 8.56. The van der Waals surface area contributed by atoms with Gasteiger partial charge in [0.1, 0.15) is 11.5 Å². The van der Waals surface area contributed by atoms with Gasteiger partial charge in [-0.05, 0) is 24.1 Å². The Hall–Kier alpha value is -1.71. The molecule has 1 aromatic rings. The van der Waals surface area contributed by atoms with E-state index in [1.807, 2.05) is 6.92 Å². The summed E-state index contributed by atoms with van der Waals surface area (Å²) in [6.07, 6.45) is 0.751. The van der Waals surface area contributed by atoms with Gasteiger partial charge < -0.3 is 14.9 Å². The van der Waals surface area contributed by atoms with Crippen molar-refractivity contribution in [2.24, 2.45) is 0 Å². The zero-order valence-corrected chi connectivity index (χ0v) is 8.56. The van der Waals surface area contributed by atoms with Crippen molar-refractivity contribution in [1.82, 2.24) is 0 Å². The number of rotatable bonds is 5. The van der Waals surface area contributed by atoms with Gasteiger partial charge in [0.05, 0.1) is 13.0 Å². The highest BCUT2D eigenvalue weighted by Gasteiger charge is 2.04. The van der Waals surface area contributed by atoms with Crippen molar-refractivity contribution in [2.45, 2.75) is 19.8 Å². The predicted octanol–water partition coefficient (Wildman–Crippen LogP) is 1.81. The number of benzene rings is 1. The molecule has 4 heteroatoms. The van der Waals surface area contributed by atoms with E-state index in [-0.39, 0.29) is 12.2 Å². The Morgan fingerprint density at radius 3 is 2.73 bits per heavy atom. The number of carbonyl (C=O) groups is 1. The maximum atomic E-state index is 10.5. The number of aromatic hydroxyl groups is 1. The Balaban J connectivity index is 2.79. The number of ether oxygens (including phenoxy) is 1. The van der Waals surface area contributed by atoms with Crippen molar-refractivity contribution in [3.63, 3.8) is 0 Å². The fourth-order valence-electron chi connectivity index (χ4n) is 1.22. The van der Waals surface area contributed by atoms with E-state index in [9.17, 15) is 9.90 Å². The lowest BCUT2D eigenvalue weighted by atomic mass is 10.1. The molecule has 0 spiro atoms. The second kappa shape index (κ2) is 5.24. The van der Waals surface area contributed by atoms with Crippen molar-refractivity contribution in [1.29, 1.82) is 0 Å². The normalized spacial score (nSPS) is 9.93. The number of hydrogen-bond acceptors (Lipinski definition) is 3. The number of phenols is 1. The monoisotopic (exact) mass is 210 g/mol. The van der Waals surface area contributed by atoms with Crippen LogP contribution in [0.1, 0.15) is 18.9 Å². The van der Waals surface area contributed by atoms with Crippen LogP contribution in [0.2, 0.25) is 0 Å². The summed E-state index contributed by atoms with van der Waals surface area (Å²) in [6, 6.07) is 4.53. The molecule has 0 unspecified atom stereocenters. The van der Waals surface area contributed by atoms with E-state index in [1.165, 1.54) is 12.1 Å². The van der Waals surface area contributed by atoms with Gasteiger partial charge >= 0.3 is 5.97 Å². The van der Waals surface area contributed by atoms with Gasteiger partial charge in [-0.3, -0.25) is 4.79 Å². The highest BCUT2D eigenvalue weighted by Crippen LogP contribution is 2.22. The standard InChI is InChI=1S/C11H14O4/c1-2-3-15-10-5-8(6-11(13)14)4-9(12)7-10/h4-5,7,12H,2-3,6H2,1H3,(H,13,14). The van der Waals surface area contributed by atoms with Crippen molar-refractivity contribution < 1.29 is 19.7 Å². The Bertz CT molecular complexity index is 346. The molecule has 0 radical (unpaired) electrons. The van der Waals surface area contributed by atoms with Crippen molar-refractivity contribution in [3.05, 3.63) is 23.8 Å². The molecule has 0 fully saturated rings. The molecule has 1 aromatic carbocycles. The quantitative estimate of drug-likeness (QED) is 0.777. The van der Waals surface area contributed by atoms with Crippen LogP contribution >= 0.6 is 0 Å². The number of carboxylic acids is 1. The molecular weight excluding hydrogens is 196 g/mol. The van der Waals surface area contributed by atoms with Crippen LogP contribution in [0.15, 0.2) is 18.2 Å². The van der Waals surface area contributed by atoms with Crippen molar-refractivity contribution in [3.8, 4) is 11.5 Å². The second-order valence-electron chi connectivity index (χ2n) is 3.25. The average molecular weight is 210 g/mol. The lowest BCUT2D eigenvalue weighted by Gasteiger charge is -2.07. The highest BCUT2D eigenvalue weighted by atomic mass is 16.5. The summed E-state index contributed by atoms with van der Waals surface area (Å²) >= 11 is 0. The third-order valence-electron chi connectivity index (χ3n) is 1.78. The molecule has 0 aliphatic rings. The van der Waals surface area contributed by atoms with Gasteiger partial charge in [-0.15, -0.1) is 0 Å². The van der Waals surface area contributed by atoms with E-state index in [4.69, 9.17) is 9.84 Å². The molecule has 0 heterocycles. The van der Waals surface area contributed by atoms with Gasteiger partial charge in [0.25, 0.3) is 0 Å². The summed E-state index contributed by atoms with van der Waals surface area (Å²) in [5.74, 6) is -0.394. The van der Waals surface area contributed by atoms with Crippen LogP contribution in [0.3, 0.4) is 0 Å². The van der Waals surface area contributed by atoms with Gasteiger partial charge in [0, 0.05) is 6.07 Å². The first kappa shape index (κ1) is 11.4. The molecule has 1 rings (SSSR count). The van der Waals surface area contributed by atoms with Crippen LogP contribution in [-0.2, 0) is 11.2 Å². The average Bonchev–Trinajstić information content (AvgIpc) is 2.12. The van der Waals surface area contributed by atoms with Gasteiger partial charge in [0.15, 0.2) is 0 Å². The number of hydrogen-bond donors (Lipinski definition) is 2. The molecule has 15 heavy (non-hydrogen) atoms. The molecule has 4 nitrogen and oxygen atoms in total. The SMILES string of the molecule is CCCOc1cc(O)cc(CC(=O)O)c1. The summed E-state index contributed by atoms with van der Waals surface area (Å²) in [4.78, 5) is 10.5. The lowest BCUT2D eigenvalue weighted by Crippen LogP contribution is -2.01. The molecule has 0 atom stereocenters. The third kappa shape index (κ3) is 3.89. The lowest BCUT2D eigenvalue weighted by molar-refractivity contribution is -0.136. The molecule has 82 valence electrons. The van der Waals surface area contributed by atoms with E-state index in [0.29, 0.717) is 17.9 Å². The van der Waals surface area contributed by atoms with Crippen LogP contribution in [0, 0.1) is 0 Å². The fourth-order valence-corrected chi connectivity index (χ4v) is 1.22. The van der Waals surface area contributed by atoms with E-state index in [1.54, 1.807) is 6.07 Å². The van der Waals surface area contributed by atoms with Crippen LogP contribution in [-0.4, -0.2) is 22.8 Å². The predicted molar refractivity (Wildman–Crippen MR) is 55.2 cm³/mol. The maximum Gasteiger partial charge on any atom is 0.307 e. The third-order valence-corrected chi connectivity index (χ3v) is 1.78. The summed E-state index contributed by atoms with van der Waals surface area (Å²) in [6.45, 7) is 2.52. The van der Waals surface area contributed by atoms with Crippen LogP contribution in [0.4, 0.5) is 0 Å². The van der Waals surface area contributed by atoms with Gasteiger partial charge in [-0.2, -0.15) is 0 Å². The van der Waals surface area contributed by atoms with E-state index in [0.717, 1.165) is 6.42 Å². The number of carboxylic acid groups (broad SMARTS) is 1. The second-order valence-corrected chi connectivity index (χ2v) is 3.25. The van der Waals surface area contributed by atoms with Crippen molar-refractivity contribution in [2.75, 3.05) is 6.61 Å². The van der Waals surface area contributed by atoms with Crippen LogP contribution in [0.5, 0.6) is 11.5 Å².